The molecule has 0 N–H and O–H groups in total. The van der Waals surface area contributed by atoms with E-state index >= 15 is 0 Å². The molecule has 1 unspecified atom stereocenters. The lowest BCUT2D eigenvalue weighted by molar-refractivity contribution is -0.133. The highest BCUT2D eigenvalue weighted by Gasteiger charge is 2.38. The third kappa shape index (κ3) is 3.96. The van der Waals surface area contributed by atoms with Crippen molar-refractivity contribution < 1.29 is 17.9 Å². The molecular formula is C17H24BrN3O4S. The summed E-state index contributed by atoms with van der Waals surface area (Å²) in [4.78, 5) is 16.8. The Bertz CT molecular complexity index is 750. The van der Waals surface area contributed by atoms with Gasteiger partial charge >= 0.3 is 0 Å². The van der Waals surface area contributed by atoms with Crippen molar-refractivity contribution in [1.82, 2.24) is 14.1 Å². The van der Waals surface area contributed by atoms with Gasteiger partial charge < -0.3 is 9.64 Å². The maximum atomic E-state index is 12.9. The number of hydrogen-bond acceptors (Lipinski definition) is 5. The van der Waals surface area contributed by atoms with Crippen LogP contribution in [0.3, 0.4) is 0 Å². The molecule has 1 atom stereocenters. The van der Waals surface area contributed by atoms with Crippen LogP contribution >= 0.6 is 15.9 Å². The lowest BCUT2D eigenvalue weighted by Gasteiger charge is -2.36. The summed E-state index contributed by atoms with van der Waals surface area (Å²) in [5.74, 6) is 0.129. The van der Waals surface area contributed by atoms with E-state index in [4.69, 9.17) is 4.74 Å². The van der Waals surface area contributed by atoms with Crippen molar-refractivity contribution in [3.63, 3.8) is 0 Å². The molecular weight excluding hydrogens is 422 g/mol. The topological polar surface area (TPSA) is 70.2 Å². The van der Waals surface area contributed by atoms with E-state index in [1.165, 1.54) is 4.31 Å². The monoisotopic (exact) mass is 445 g/mol. The Kier molecular flexibility index (Phi) is 6.34. The minimum atomic E-state index is -3.53. The molecule has 2 saturated heterocycles. The number of sulfonamides is 1. The van der Waals surface area contributed by atoms with E-state index in [0.717, 1.165) is 13.0 Å². The largest absolute Gasteiger partial charge is 0.383 e. The number of carbonyl (C=O) groups is 1. The van der Waals surface area contributed by atoms with Gasteiger partial charge in [0.05, 0.1) is 17.5 Å². The normalized spacial score (nSPS) is 22.9. The van der Waals surface area contributed by atoms with E-state index in [1.807, 2.05) is 4.90 Å². The van der Waals surface area contributed by atoms with Crippen LogP contribution in [0.1, 0.15) is 6.42 Å². The van der Waals surface area contributed by atoms with E-state index in [9.17, 15) is 13.2 Å². The molecule has 0 bridgehead atoms. The zero-order valence-corrected chi connectivity index (χ0v) is 17.2. The number of halogens is 1. The standard InChI is InChI=1S/C17H24BrN3O4S/c1-25-13-12-20-7-6-15(17(20)22)19-8-10-21(11-9-19)26(23,24)16-5-3-2-4-14(16)18/h2-5,15H,6-13H2,1H3. The molecule has 0 aliphatic carbocycles. The summed E-state index contributed by atoms with van der Waals surface area (Å²) in [6, 6.07) is 6.72. The van der Waals surface area contributed by atoms with Gasteiger partial charge in [0.2, 0.25) is 15.9 Å². The van der Waals surface area contributed by atoms with Crippen LogP contribution in [0, 0.1) is 0 Å². The minimum absolute atomic E-state index is 0.129. The molecule has 1 aromatic rings. The van der Waals surface area contributed by atoms with Gasteiger partial charge in [-0.05, 0) is 34.5 Å². The third-order valence-electron chi connectivity index (χ3n) is 5.00. The number of rotatable bonds is 6. The second kappa shape index (κ2) is 8.35. The number of nitrogens with zero attached hydrogens (tertiary/aromatic N) is 3. The van der Waals surface area contributed by atoms with E-state index in [1.54, 1.807) is 31.4 Å². The second-order valence-corrected chi connectivity index (χ2v) is 9.25. The number of piperazine rings is 1. The minimum Gasteiger partial charge on any atom is -0.383 e. The smallest absolute Gasteiger partial charge is 0.244 e. The summed E-state index contributed by atoms with van der Waals surface area (Å²) in [7, 11) is -1.90. The summed E-state index contributed by atoms with van der Waals surface area (Å²) < 4.78 is 32.8. The summed E-state index contributed by atoms with van der Waals surface area (Å²) in [6.07, 6.45) is 0.791. The average Bonchev–Trinajstić information content (AvgIpc) is 3.01. The highest BCUT2D eigenvalue weighted by atomic mass is 79.9. The fourth-order valence-corrected chi connectivity index (χ4v) is 5.92. The molecule has 2 heterocycles. The molecule has 144 valence electrons. The molecule has 3 rings (SSSR count). The van der Waals surface area contributed by atoms with Crippen molar-refractivity contribution >= 4 is 31.9 Å². The predicted octanol–water partition coefficient (Wildman–Crippen LogP) is 1.00. The fourth-order valence-electron chi connectivity index (χ4n) is 3.53. The molecule has 2 fully saturated rings. The Hall–Kier alpha value is -1.00. The molecule has 1 aromatic carbocycles. The molecule has 26 heavy (non-hydrogen) atoms. The summed E-state index contributed by atoms with van der Waals surface area (Å²) in [5, 5.41) is 0. The number of likely N-dealkylation sites (tertiary alicyclic amines) is 1. The van der Waals surface area contributed by atoms with Crippen molar-refractivity contribution in [3.05, 3.63) is 28.7 Å². The van der Waals surface area contributed by atoms with Crippen LogP contribution in [-0.4, -0.2) is 87.5 Å². The van der Waals surface area contributed by atoms with Gasteiger partial charge in [-0.1, -0.05) is 12.1 Å². The Labute approximate surface area is 163 Å². The average molecular weight is 446 g/mol. The molecule has 0 saturated carbocycles. The molecule has 7 nitrogen and oxygen atoms in total. The van der Waals surface area contributed by atoms with Crippen LogP contribution in [0.25, 0.3) is 0 Å². The predicted molar refractivity (Wildman–Crippen MR) is 101 cm³/mol. The van der Waals surface area contributed by atoms with Gasteiger partial charge in [-0.3, -0.25) is 9.69 Å². The van der Waals surface area contributed by atoms with Crippen molar-refractivity contribution in [2.75, 3.05) is 53.0 Å². The highest BCUT2D eigenvalue weighted by molar-refractivity contribution is 9.10. The van der Waals surface area contributed by atoms with Crippen LogP contribution in [0.5, 0.6) is 0 Å². The molecule has 0 spiro atoms. The molecule has 2 aliphatic rings. The van der Waals surface area contributed by atoms with Gasteiger partial charge in [0, 0.05) is 50.9 Å². The summed E-state index contributed by atoms with van der Waals surface area (Å²) in [6.45, 7) is 3.81. The number of methoxy groups -OCH3 is 1. The van der Waals surface area contributed by atoms with Crippen molar-refractivity contribution in [2.45, 2.75) is 17.4 Å². The second-order valence-electron chi connectivity index (χ2n) is 6.49. The van der Waals surface area contributed by atoms with Gasteiger partial charge in [0.25, 0.3) is 0 Å². The SMILES string of the molecule is COCCN1CCC(N2CCN(S(=O)(=O)c3ccccc3Br)CC2)C1=O. The van der Waals surface area contributed by atoms with E-state index < -0.39 is 10.0 Å². The maximum absolute atomic E-state index is 12.9. The number of hydrogen-bond donors (Lipinski definition) is 0. The Morgan fingerprint density at radius 2 is 1.85 bits per heavy atom. The van der Waals surface area contributed by atoms with Gasteiger partial charge in [0.1, 0.15) is 0 Å². The molecule has 0 aromatic heterocycles. The maximum Gasteiger partial charge on any atom is 0.244 e. The summed E-state index contributed by atoms with van der Waals surface area (Å²) in [5.41, 5.74) is 0. The van der Waals surface area contributed by atoms with Crippen LogP contribution < -0.4 is 0 Å². The first-order valence-electron chi connectivity index (χ1n) is 8.71. The van der Waals surface area contributed by atoms with Crippen LogP contribution in [0.4, 0.5) is 0 Å². The zero-order valence-electron chi connectivity index (χ0n) is 14.8. The van der Waals surface area contributed by atoms with Crippen molar-refractivity contribution in [2.24, 2.45) is 0 Å². The van der Waals surface area contributed by atoms with E-state index in [0.29, 0.717) is 43.8 Å². The number of benzene rings is 1. The molecule has 9 heteroatoms. The van der Waals surface area contributed by atoms with Gasteiger partial charge in [-0.15, -0.1) is 0 Å². The highest BCUT2D eigenvalue weighted by Crippen LogP contribution is 2.26. The molecule has 0 radical (unpaired) electrons. The van der Waals surface area contributed by atoms with E-state index in [2.05, 4.69) is 20.8 Å². The van der Waals surface area contributed by atoms with E-state index in [-0.39, 0.29) is 16.8 Å². The third-order valence-corrected chi connectivity index (χ3v) is 7.91. The van der Waals surface area contributed by atoms with Gasteiger partial charge in [-0.2, -0.15) is 4.31 Å². The quantitative estimate of drug-likeness (QED) is 0.653. The van der Waals surface area contributed by atoms with Crippen molar-refractivity contribution in [1.29, 1.82) is 0 Å². The van der Waals surface area contributed by atoms with Crippen LogP contribution in [-0.2, 0) is 19.6 Å². The lowest BCUT2D eigenvalue weighted by atomic mass is 10.2. The van der Waals surface area contributed by atoms with Gasteiger partial charge in [-0.25, -0.2) is 8.42 Å². The molecule has 1 amide bonds. The van der Waals surface area contributed by atoms with Crippen LogP contribution in [0.2, 0.25) is 0 Å². The summed E-state index contributed by atoms with van der Waals surface area (Å²) >= 11 is 3.32. The Morgan fingerprint density at radius 1 is 1.15 bits per heavy atom. The fraction of sp³-hybridized carbons (Fsp3) is 0.588. The number of amides is 1. The van der Waals surface area contributed by atoms with Crippen LogP contribution in [0.15, 0.2) is 33.6 Å². The zero-order chi connectivity index (χ0) is 18.7. The Balaban J connectivity index is 1.61. The lowest BCUT2D eigenvalue weighted by Crippen LogP contribution is -2.53. The number of ether oxygens (including phenoxy) is 1. The first-order chi connectivity index (χ1) is 12.4. The van der Waals surface area contributed by atoms with Gasteiger partial charge in [0.15, 0.2) is 0 Å². The van der Waals surface area contributed by atoms with Crippen molar-refractivity contribution in [3.8, 4) is 0 Å². The molecule has 2 aliphatic heterocycles. The Morgan fingerprint density at radius 3 is 2.50 bits per heavy atom. The number of carbonyl (C=O) groups excluding carboxylic acids is 1. The first kappa shape index (κ1) is 19.8. The first-order valence-corrected chi connectivity index (χ1v) is 10.9.